The van der Waals surface area contributed by atoms with Crippen LogP contribution in [0.1, 0.15) is 103 Å². The number of carbonyl (C=O) groups is 2. The van der Waals surface area contributed by atoms with Crippen LogP contribution in [-0.2, 0) is 9.59 Å². The van der Waals surface area contributed by atoms with Crippen LogP contribution in [-0.4, -0.2) is 29.9 Å². The first-order valence-electron chi connectivity index (χ1n) is 11.3. The molecule has 0 aromatic rings. The predicted molar refractivity (Wildman–Crippen MR) is 109 cm³/mol. The van der Waals surface area contributed by atoms with Gasteiger partial charge in [0.15, 0.2) is 0 Å². The number of likely N-dealkylation sites (tertiary alicyclic amines) is 1. The maximum Gasteiger partial charge on any atom is 1.00 e. The van der Waals surface area contributed by atoms with Crippen LogP contribution < -0.4 is 34.7 Å². The molecule has 1 fully saturated rings. The number of hydrogen-bond donors (Lipinski definition) is 0. The number of hydrogen-bond acceptors (Lipinski definition) is 3. The first-order chi connectivity index (χ1) is 13.1. The Balaban J connectivity index is 0.00000729. The van der Waals surface area contributed by atoms with Gasteiger partial charge in [-0.15, -0.1) is 0 Å². The summed E-state index contributed by atoms with van der Waals surface area (Å²) in [6, 6.07) is 0. The van der Waals surface area contributed by atoms with Crippen molar-refractivity contribution in [2.24, 2.45) is 5.92 Å². The smallest absolute Gasteiger partial charge is 0.550 e. The van der Waals surface area contributed by atoms with Gasteiger partial charge in [-0.25, -0.2) is 0 Å². The number of amides is 1. The van der Waals surface area contributed by atoms with Crippen LogP contribution >= 0.6 is 0 Å². The van der Waals surface area contributed by atoms with Gasteiger partial charge in [0, 0.05) is 31.4 Å². The Morgan fingerprint density at radius 3 is 1.93 bits per heavy atom. The molecule has 1 rings (SSSR count). The summed E-state index contributed by atoms with van der Waals surface area (Å²) >= 11 is 0. The zero-order chi connectivity index (χ0) is 19.7. The Morgan fingerprint density at radius 2 is 1.43 bits per heavy atom. The first kappa shape index (κ1) is 27.7. The number of unbranched alkanes of at least 4 members (excludes halogenated alkanes) is 12. The van der Waals surface area contributed by atoms with E-state index in [9.17, 15) is 14.7 Å². The zero-order valence-electron chi connectivity index (χ0n) is 18.4. The first-order valence-corrected chi connectivity index (χ1v) is 11.3. The number of carbonyl (C=O) groups excluding carboxylic acids is 2. The van der Waals surface area contributed by atoms with Gasteiger partial charge in [-0.3, -0.25) is 4.79 Å². The monoisotopic (exact) mass is 401 g/mol. The van der Waals surface area contributed by atoms with Crippen LogP contribution in [0.3, 0.4) is 0 Å². The van der Waals surface area contributed by atoms with E-state index in [1.807, 2.05) is 0 Å². The van der Waals surface area contributed by atoms with Crippen LogP contribution in [0.15, 0.2) is 12.2 Å². The molecule has 1 heterocycles. The molecule has 28 heavy (non-hydrogen) atoms. The summed E-state index contributed by atoms with van der Waals surface area (Å²) in [5.74, 6) is -1.73. The molecule has 0 N–H and O–H groups in total. The molecule has 0 bridgehead atoms. The fourth-order valence-corrected chi connectivity index (χ4v) is 3.70. The summed E-state index contributed by atoms with van der Waals surface area (Å²) < 4.78 is 0. The molecule has 1 unspecified atom stereocenters. The molecule has 0 radical (unpaired) electrons. The second kappa shape index (κ2) is 18.7. The van der Waals surface area contributed by atoms with Crippen molar-refractivity contribution in [2.45, 2.75) is 103 Å². The minimum absolute atomic E-state index is 0. The van der Waals surface area contributed by atoms with Crippen molar-refractivity contribution in [2.75, 3.05) is 13.1 Å². The minimum atomic E-state index is -1.09. The van der Waals surface area contributed by atoms with Gasteiger partial charge in [-0.1, -0.05) is 76.9 Å². The fraction of sp³-hybridized carbons (Fsp3) is 0.826. The van der Waals surface area contributed by atoms with Gasteiger partial charge in [0.05, 0.1) is 0 Å². The predicted octanol–water partition coefficient (Wildman–Crippen LogP) is 1.63. The van der Waals surface area contributed by atoms with Crippen molar-refractivity contribution in [3.63, 3.8) is 0 Å². The SMILES string of the molecule is CCCCCCCC/C=C/CCCCCCCCN1CC(C(=O)[O-])CC1=O.[Na+]. The molecule has 0 spiro atoms. The van der Waals surface area contributed by atoms with Crippen molar-refractivity contribution in [1.82, 2.24) is 4.90 Å². The average molecular weight is 402 g/mol. The van der Waals surface area contributed by atoms with E-state index >= 15 is 0 Å². The Morgan fingerprint density at radius 1 is 0.929 bits per heavy atom. The van der Waals surface area contributed by atoms with Gasteiger partial charge in [0.25, 0.3) is 0 Å². The standard InChI is InChI=1S/C23H41NO3.Na/c1-2-3-4-5-6-7-8-9-10-11-12-13-14-15-16-17-18-24-20-21(23(26)27)19-22(24)25;/h9-10,21H,2-8,11-20H2,1H3,(H,26,27);/q;+1/p-1/b10-9+;. The van der Waals surface area contributed by atoms with Crippen molar-refractivity contribution < 1.29 is 44.3 Å². The van der Waals surface area contributed by atoms with Crippen LogP contribution in [0.2, 0.25) is 0 Å². The van der Waals surface area contributed by atoms with Crippen LogP contribution in [0, 0.1) is 5.92 Å². The van der Waals surface area contributed by atoms with E-state index in [2.05, 4.69) is 19.1 Å². The average Bonchev–Trinajstić information content (AvgIpc) is 3.02. The molecule has 1 saturated heterocycles. The van der Waals surface area contributed by atoms with E-state index in [1.165, 1.54) is 77.0 Å². The van der Waals surface area contributed by atoms with Gasteiger partial charge >= 0.3 is 29.6 Å². The molecule has 0 aromatic carbocycles. The summed E-state index contributed by atoms with van der Waals surface area (Å²) in [4.78, 5) is 24.2. The normalized spacial score (nSPS) is 16.7. The topological polar surface area (TPSA) is 60.4 Å². The quantitative estimate of drug-likeness (QED) is 0.211. The molecular formula is C23H40NNaO3. The van der Waals surface area contributed by atoms with Gasteiger partial charge in [-0.05, 0) is 32.1 Å². The Labute approximate surface area is 194 Å². The van der Waals surface area contributed by atoms with Gasteiger partial charge < -0.3 is 14.8 Å². The van der Waals surface area contributed by atoms with E-state index in [1.54, 1.807) is 4.90 Å². The molecule has 1 aliphatic rings. The molecule has 4 nitrogen and oxygen atoms in total. The third-order valence-corrected chi connectivity index (χ3v) is 5.49. The van der Waals surface area contributed by atoms with Gasteiger partial charge in [-0.2, -0.15) is 0 Å². The van der Waals surface area contributed by atoms with Crippen LogP contribution in [0.4, 0.5) is 0 Å². The number of nitrogens with zero attached hydrogens (tertiary/aromatic N) is 1. The van der Waals surface area contributed by atoms with E-state index in [-0.39, 0.29) is 41.9 Å². The number of rotatable bonds is 17. The van der Waals surface area contributed by atoms with E-state index in [4.69, 9.17) is 0 Å². The van der Waals surface area contributed by atoms with Crippen molar-refractivity contribution in [3.8, 4) is 0 Å². The Kier molecular flexibility index (Phi) is 18.5. The number of carboxylic acid groups (broad SMARTS) is 1. The largest absolute Gasteiger partial charge is 1.00 e. The molecule has 0 aliphatic carbocycles. The van der Waals surface area contributed by atoms with E-state index in [0.717, 1.165) is 12.8 Å². The molecule has 0 aromatic heterocycles. The third-order valence-electron chi connectivity index (χ3n) is 5.49. The fourth-order valence-electron chi connectivity index (χ4n) is 3.70. The molecule has 156 valence electrons. The molecular weight excluding hydrogens is 361 g/mol. The maximum atomic E-state index is 11.7. The van der Waals surface area contributed by atoms with Crippen molar-refractivity contribution >= 4 is 11.9 Å². The van der Waals surface area contributed by atoms with Crippen LogP contribution in [0.25, 0.3) is 0 Å². The molecule has 1 amide bonds. The van der Waals surface area contributed by atoms with Crippen molar-refractivity contribution in [3.05, 3.63) is 12.2 Å². The van der Waals surface area contributed by atoms with Crippen LogP contribution in [0.5, 0.6) is 0 Å². The summed E-state index contributed by atoms with van der Waals surface area (Å²) in [7, 11) is 0. The summed E-state index contributed by atoms with van der Waals surface area (Å²) in [6.45, 7) is 3.30. The number of allylic oxidation sites excluding steroid dienone is 2. The zero-order valence-corrected chi connectivity index (χ0v) is 20.4. The van der Waals surface area contributed by atoms with E-state index < -0.39 is 11.9 Å². The molecule has 1 atom stereocenters. The molecule has 1 aliphatic heterocycles. The molecule has 5 heteroatoms. The summed E-state index contributed by atoms with van der Waals surface area (Å²) in [5.41, 5.74) is 0. The number of aliphatic carboxylic acids is 1. The maximum absolute atomic E-state index is 11.7. The van der Waals surface area contributed by atoms with E-state index in [0.29, 0.717) is 13.1 Å². The van der Waals surface area contributed by atoms with Gasteiger partial charge in [0.1, 0.15) is 0 Å². The van der Waals surface area contributed by atoms with Crippen molar-refractivity contribution in [1.29, 1.82) is 0 Å². The summed E-state index contributed by atoms with van der Waals surface area (Å²) in [5, 5.41) is 10.8. The minimum Gasteiger partial charge on any atom is -0.550 e. The third kappa shape index (κ3) is 13.8. The Hall–Kier alpha value is -0.320. The second-order valence-electron chi connectivity index (χ2n) is 8.00. The number of carboxylic acids is 1. The molecule has 0 saturated carbocycles. The van der Waals surface area contributed by atoms with Gasteiger partial charge in [0.2, 0.25) is 5.91 Å². The summed E-state index contributed by atoms with van der Waals surface area (Å²) in [6.07, 6.45) is 22.6. The second-order valence-corrected chi connectivity index (χ2v) is 8.00. The Bertz CT molecular complexity index is 440.